The van der Waals surface area contributed by atoms with Crippen molar-refractivity contribution in [2.24, 2.45) is 0 Å². The summed E-state index contributed by atoms with van der Waals surface area (Å²) in [6.45, 7) is 3.12. The fourth-order valence-electron chi connectivity index (χ4n) is 2.53. The number of carboxylic acids is 1. The number of nitrogens with zero attached hydrogens (tertiary/aromatic N) is 1. The monoisotopic (exact) mass is 349 g/mol. The molecule has 3 N–H and O–H groups in total. The van der Waals surface area contributed by atoms with Gasteiger partial charge in [-0.1, -0.05) is 6.07 Å². The predicted molar refractivity (Wildman–Crippen MR) is 91.2 cm³/mol. The summed E-state index contributed by atoms with van der Waals surface area (Å²) in [5.74, 6) is -1.65. The Balaban J connectivity index is 2.06. The molecule has 2 amide bonds. The average Bonchev–Trinajstić information content (AvgIpc) is 2.60. The smallest absolute Gasteiger partial charge is 0.305 e. The summed E-state index contributed by atoms with van der Waals surface area (Å²) < 4.78 is 0. The molecule has 25 heavy (non-hydrogen) atoms. The van der Waals surface area contributed by atoms with Crippen LogP contribution in [-0.2, 0) is 14.4 Å². The van der Waals surface area contributed by atoms with Crippen LogP contribution in [-0.4, -0.2) is 48.6 Å². The molecule has 0 unspecified atom stereocenters. The van der Waals surface area contributed by atoms with E-state index in [2.05, 4.69) is 10.6 Å². The molecule has 8 nitrogen and oxygen atoms in total. The summed E-state index contributed by atoms with van der Waals surface area (Å²) in [4.78, 5) is 40.4. The van der Waals surface area contributed by atoms with Gasteiger partial charge in [-0.2, -0.15) is 5.06 Å². The van der Waals surface area contributed by atoms with Crippen LogP contribution in [0.4, 0.5) is 5.69 Å². The van der Waals surface area contributed by atoms with Gasteiger partial charge in [0.25, 0.3) is 5.91 Å². The minimum absolute atomic E-state index is 0.0421. The first-order valence-corrected chi connectivity index (χ1v) is 8.25. The minimum Gasteiger partial charge on any atom is -0.481 e. The van der Waals surface area contributed by atoms with Gasteiger partial charge in [-0.25, -0.2) is 0 Å². The maximum atomic E-state index is 12.1. The molecular weight excluding hydrogens is 326 g/mol. The number of rotatable bonds is 7. The Morgan fingerprint density at radius 3 is 2.68 bits per heavy atom. The van der Waals surface area contributed by atoms with E-state index in [1.54, 1.807) is 24.3 Å². The molecule has 1 aromatic carbocycles. The first-order chi connectivity index (χ1) is 12.0. The highest BCUT2D eigenvalue weighted by Crippen LogP contribution is 2.20. The summed E-state index contributed by atoms with van der Waals surface area (Å²) in [5.41, 5.74) is 0.806. The summed E-state index contributed by atoms with van der Waals surface area (Å²) in [6, 6.07) is 6.50. The van der Waals surface area contributed by atoms with Gasteiger partial charge < -0.3 is 15.7 Å². The predicted octanol–water partition coefficient (Wildman–Crippen LogP) is 0.928. The van der Waals surface area contributed by atoms with E-state index in [-0.39, 0.29) is 25.0 Å². The largest absolute Gasteiger partial charge is 0.481 e. The molecule has 0 bridgehead atoms. The van der Waals surface area contributed by atoms with E-state index in [0.29, 0.717) is 11.3 Å². The van der Waals surface area contributed by atoms with Crippen molar-refractivity contribution < 1.29 is 24.3 Å². The standard InChI is InChI=1S/C17H23N3O5/c1-12(21)20(25-15-5-8-18-9-6-15)14-4-2-3-13(11-14)17(24)19-10-7-16(22)23/h2-4,11,15,18H,5-10H2,1H3,(H,19,24)(H,22,23). The molecule has 1 fully saturated rings. The highest BCUT2D eigenvalue weighted by atomic mass is 16.7. The van der Waals surface area contributed by atoms with Crippen molar-refractivity contribution in [2.45, 2.75) is 32.3 Å². The number of carbonyl (C=O) groups excluding carboxylic acids is 2. The summed E-state index contributed by atoms with van der Waals surface area (Å²) in [7, 11) is 0. The van der Waals surface area contributed by atoms with Crippen LogP contribution in [0.15, 0.2) is 24.3 Å². The van der Waals surface area contributed by atoms with Gasteiger partial charge in [0.1, 0.15) is 0 Å². The summed E-state index contributed by atoms with van der Waals surface area (Å²) in [5, 5.41) is 15.6. The molecular formula is C17H23N3O5. The van der Waals surface area contributed by atoms with Crippen LogP contribution in [0.2, 0.25) is 0 Å². The second kappa shape index (κ2) is 9.14. The number of benzene rings is 1. The fraction of sp³-hybridized carbons (Fsp3) is 0.471. The molecule has 1 aliphatic rings. The third kappa shape index (κ3) is 5.84. The Bertz CT molecular complexity index is 628. The van der Waals surface area contributed by atoms with Crippen LogP contribution in [0.5, 0.6) is 0 Å². The molecule has 0 aromatic heterocycles. The molecule has 8 heteroatoms. The zero-order chi connectivity index (χ0) is 18.2. The van der Waals surface area contributed by atoms with Gasteiger partial charge in [-0.15, -0.1) is 0 Å². The number of piperidine rings is 1. The number of carboxylic acid groups (broad SMARTS) is 1. The second-order valence-electron chi connectivity index (χ2n) is 5.82. The third-order valence-corrected chi connectivity index (χ3v) is 3.79. The summed E-state index contributed by atoms with van der Waals surface area (Å²) in [6.07, 6.45) is 1.40. The van der Waals surface area contributed by atoms with Gasteiger partial charge >= 0.3 is 5.97 Å². The molecule has 0 spiro atoms. The molecule has 0 aliphatic carbocycles. The molecule has 0 saturated carbocycles. The number of hydroxylamine groups is 1. The molecule has 1 heterocycles. The highest BCUT2D eigenvalue weighted by molar-refractivity contribution is 5.97. The van der Waals surface area contributed by atoms with Crippen LogP contribution in [0, 0.1) is 0 Å². The lowest BCUT2D eigenvalue weighted by Crippen LogP contribution is -2.39. The highest BCUT2D eigenvalue weighted by Gasteiger charge is 2.21. The van der Waals surface area contributed by atoms with Crippen LogP contribution in [0.3, 0.4) is 0 Å². The number of nitrogens with one attached hydrogen (secondary N) is 2. The minimum atomic E-state index is -0.979. The molecule has 0 radical (unpaired) electrons. The maximum absolute atomic E-state index is 12.1. The summed E-state index contributed by atoms with van der Waals surface area (Å²) >= 11 is 0. The molecule has 1 aromatic rings. The van der Waals surface area contributed by atoms with E-state index in [1.165, 1.54) is 12.0 Å². The van der Waals surface area contributed by atoms with E-state index in [0.717, 1.165) is 25.9 Å². The second-order valence-corrected chi connectivity index (χ2v) is 5.82. The van der Waals surface area contributed by atoms with Crippen molar-refractivity contribution >= 4 is 23.5 Å². The van der Waals surface area contributed by atoms with Gasteiger partial charge in [-0.3, -0.25) is 19.2 Å². The van der Waals surface area contributed by atoms with E-state index >= 15 is 0 Å². The lowest BCUT2D eigenvalue weighted by atomic mass is 10.1. The molecule has 0 atom stereocenters. The topological polar surface area (TPSA) is 108 Å². The molecule has 1 aliphatic heterocycles. The van der Waals surface area contributed by atoms with E-state index in [4.69, 9.17) is 9.94 Å². The van der Waals surface area contributed by atoms with E-state index < -0.39 is 11.9 Å². The van der Waals surface area contributed by atoms with Crippen molar-refractivity contribution in [1.82, 2.24) is 10.6 Å². The average molecular weight is 349 g/mol. The Kier molecular flexibility index (Phi) is 6.91. The van der Waals surface area contributed by atoms with Crippen LogP contribution in [0.1, 0.15) is 36.5 Å². The fourth-order valence-corrected chi connectivity index (χ4v) is 2.53. The van der Waals surface area contributed by atoms with Crippen molar-refractivity contribution in [3.8, 4) is 0 Å². The Labute approximate surface area is 146 Å². The lowest BCUT2D eigenvalue weighted by Gasteiger charge is -2.29. The third-order valence-electron chi connectivity index (χ3n) is 3.79. The Morgan fingerprint density at radius 2 is 2.04 bits per heavy atom. The van der Waals surface area contributed by atoms with Gasteiger partial charge in [0.2, 0.25) is 5.91 Å². The van der Waals surface area contributed by atoms with Gasteiger partial charge in [0, 0.05) is 19.0 Å². The number of hydrogen-bond acceptors (Lipinski definition) is 5. The first kappa shape index (κ1) is 18.9. The number of amides is 2. The SMILES string of the molecule is CC(=O)N(OC1CCNCC1)c1cccc(C(=O)NCCC(=O)O)c1. The Hall–Kier alpha value is -2.45. The Morgan fingerprint density at radius 1 is 1.32 bits per heavy atom. The molecule has 1 saturated heterocycles. The van der Waals surface area contributed by atoms with Gasteiger partial charge in [0.05, 0.1) is 18.2 Å². The normalized spacial score (nSPS) is 14.8. The number of anilines is 1. The van der Waals surface area contributed by atoms with Crippen LogP contribution in [0.25, 0.3) is 0 Å². The molecule has 136 valence electrons. The number of hydrogen-bond donors (Lipinski definition) is 3. The van der Waals surface area contributed by atoms with Crippen molar-refractivity contribution in [3.05, 3.63) is 29.8 Å². The zero-order valence-electron chi connectivity index (χ0n) is 14.2. The first-order valence-electron chi connectivity index (χ1n) is 8.25. The van der Waals surface area contributed by atoms with Gasteiger partial charge in [0.15, 0.2) is 0 Å². The van der Waals surface area contributed by atoms with E-state index in [1.807, 2.05) is 0 Å². The number of carbonyl (C=O) groups is 3. The van der Waals surface area contributed by atoms with Crippen LogP contribution < -0.4 is 15.7 Å². The van der Waals surface area contributed by atoms with Crippen molar-refractivity contribution in [2.75, 3.05) is 24.7 Å². The zero-order valence-corrected chi connectivity index (χ0v) is 14.2. The molecule has 2 rings (SSSR count). The number of aliphatic carboxylic acids is 1. The van der Waals surface area contributed by atoms with Crippen molar-refractivity contribution in [1.29, 1.82) is 0 Å². The maximum Gasteiger partial charge on any atom is 0.305 e. The van der Waals surface area contributed by atoms with Crippen molar-refractivity contribution in [3.63, 3.8) is 0 Å². The quantitative estimate of drug-likeness (QED) is 0.632. The van der Waals surface area contributed by atoms with E-state index in [9.17, 15) is 14.4 Å². The van der Waals surface area contributed by atoms with Gasteiger partial charge in [-0.05, 0) is 44.1 Å². The lowest BCUT2D eigenvalue weighted by molar-refractivity contribution is -0.136. The van der Waals surface area contributed by atoms with Crippen LogP contribution >= 0.6 is 0 Å².